The molecule has 0 aliphatic carbocycles. The predicted molar refractivity (Wildman–Crippen MR) is 138 cm³/mol. The average molecular weight is 473 g/mol. The van der Waals surface area contributed by atoms with Crippen LogP contribution >= 0.6 is 0 Å². The number of carbonyl (C=O) groups excluding carboxylic acids is 1. The number of aromatic nitrogens is 1. The van der Waals surface area contributed by atoms with Crippen LogP contribution in [0.5, 0.6) is 5.75 Å². The van der Waals surface area contributed by atoms with Crippen molar-refractivity contribution in [2.24, 2.45) is 5.73 Å². The van der Waals surface area contributed by atoms with Crippen molar-refractivity contribution in [3.05, 3.63) is 53.6 Å². The molecule has 1 aromatic heterocycles. The maximum absolute atomic E-state index is 12.1. The van der Waals surface area contributed by atoms with Crippen molar-refractivity contribution in [3.63, 3.8) is 0 Å². The molecular weight excluding hydrogens is 440 g/mol. The Labute approximate surface area is 205 Å². The van der Waals surface area contributed by atoms with E-state index < -0.39 is 6.03 Å². The number of aromatic amines is 1. The largest absolute Gasteiger partial charge is 0.491 e. The van der Waals surface area contributed by atoms with E-state index in [2.05, 4.69) is 39.1 Å². The first-order chi connectivity index (χ1) is 17.1. The molecule has 0 radical (unpaired) electrons. The van der Waals surface area contributed by atoms with Crippen LogP contribution in [-0.2, 0) is 6.42 Å². The van der Waals surface area contributed by atoms with E-state index in [0.717, 1.165) is 81.7 Å². The van der Waals surface area contributed by atoms with Gasteiger partial charge in [0.2, 0.25) is 0 Å². The van der Waals surface area contributed by atoms with Gasteiger partial charge in [-0.05, 0) is 62.2 Å². The van der Waals surface area contributed by atoms with E-state index >= 15 is 0 Å². The van der Waals surface area contributed by atoms with Gasteiger partial charge in [-0.25, -0.2) is 4.79 Å². The Morgan fingerprint density at radius 3 is 2.91 bits per heavy atom. The molecule has 2 aliphatic heterocycles. The predicted octanol–water partition coefficient (Wildman–Crippen LogP) is 3.85. The number of ether oxygens (including phenoxy) is 1. The molecule has 0 saturated carbocycles. The van der Waals surface area contributed by atoms with Gasteiger partial charge in [-0.2, -0.15) is 5.26 Å². The number of rotatable bonds is 7. The monoisotopic (exact) mass is 472 g/mol. The summed E-state index contributed by atoms with van der Waals surface area (Å²) >= 11 is 0. The number of nitriles is 1. The molecular formula is C27H32N6O2. The second-order valence-corrected chi connectivity index (χ2v) is 9.31. The minimum Gasteiger partial charge on any atom is -0.491 e. The lowest BCUT2D eigenvalue weighted by molar-refractivity contribution is 0.253. The molecule has 2 aromatic carbocycles. The second-order valence-electron chi connectivity index (χ2n) is 9.31. The number of nitrogens with two attached hydrogens (primary N) is 1. The van der Waals surface area contributed by atoms with E-state index in [1.165, 1.54) is 11.3 Å². The van der Waals surface area contributed by atoms with Gasteiger partial charge in [0.25, 0.3) is 0 Å². The Bertz CT molecular complexity index is 1250. The molecule has 8 nitrogen and oxygen atoms in total. The summed E-state index contributed by atoms with van der Waals surface area (Å²) in [4.78, 5) is 22.0. The first-order valence-electron chi connectivity index (χ1n) is 12.4. The Kier molecular flexibility index (Phi) is 6.77. The molecule has 0 atom stereocenters. The maximum Gasteiger partial charge on any atom is 0.320 e. The van der Waals surface area contributed by atoms with E-state index in [9.17, 15) is 4.79 Å². The van der Waals surface area contributed by atoms with Crippen LogP contribution in [0.2, 0.25) is 0 Å². The van der Waals surface area contributed by atoms with Crippen LogP contribution in [0.1, 0.15) is 30.4 Å². The number of fused-ring (bicyclic) bond motifs is 2. The third-order valence-electron chi connectivity index (χ3n) is 7.02. The Morgan fingerprint density at radius 2 is 2.06 bits per heavy atom. The van der Waals surface area contributed by atoms with Crippen molar-refractivity contribution >= 4 is 28.4 Å². The lowest BCUT2D eigenvalue weighted by Crippen LogP contribution is -2.37. The van der Waals surface area contributed by atoms with Crippen LogP contribution in [0.3, 0.4) is 0 Å². The van der Waals surface area contributed by atoms with Gasteiger partial charge in [0.05, 0.1) is 23.9 Å². The van der Waals surface area contributed by atoms with Gasteiger partial charge in [-0.15, -0.1) is 0 Å². The highest BCUT2D eigenvalue weighted by Crippen LogP contribution is 2.36. The van der Waals surface area contributed by atoms with Crippen LogP contribution in [0.15, 0.2) is 42.5 Å². The third kappa shape index (κ3) is 5.05. The van der Waals surface area contributed by atoms with Crippen molar-refractivity contribution in [1.29, 1.82) is 5.26 Å². The van der Waals surface area contributed by atoms with Crippen LogP contribution in [0.25, 0.3) is 10.9 Å². The van der Waals surface area contributed by atoms with Gasteiger partial charge in [0.1, 0.15) is 11.6 Å². The Morgan fingerprint density at radius 1 is 1.14 bits per heavy atom. The number of carbonyl (C=O) groups is 1. The molecule has 0 bridgehead atoms. The number of benzene rings is 2. The molecule has 3 N–H and O–H groups in total. The number of para-hydroxylation sites is 1. The van der Waals surface area contributed by atoms with Crippen LogP contribution < -0.4 is 20.3 Å². The van der Waals surface area contributed by atoms with Gasteiger partial charge in [-0.1, -0.05) is 18.2 Å². The lowest BCUT2D eigenvalue weighted by Gasteiger charge is -2.25. The minimum absolute atomic E-state index is 0.472. The minimum atomic E-state index is -0.472. The standard InChI is InChI=1S/C27H32N6O2/c28-19-20-7-8-22-18-25(30-23(22)17-20)33(27(29)34)13-2-1-10-31-11-4-12-32(15-14-31)24-6-3-5-21-9-16-35-26(21)24/h3,5-8,17-18,30H,1-2,4,9-16H2,(H2,29,34). The zero-order valence-electron chi connectivity index (χ0n) is 20.0. The normalized spacial score (nSPS) is 15.9. The molecule has 35 heavy (non-hydrogen) atoms. The van der Waals surface area contributed by atoms with E-state index in [-0.39, 0.29) is 0 Å². The Hall–Kier alpha value is -3.70. The summed E-state index contributed by atoms with van der Waals surface area (Å²) in [5.41, 5.74) is 9.66. The number of nitrogens with one attached hydrogen (secondary N) is 1. The molecule has 182 valence electrons. The zero-order chi connectivity index (χ0) is 24.2. The lowest BCUT2D eigenvalue weighted by atomic mass is 10.1. The number of primary amides is 1. The molecule has 3 heterocycles. The number of amides is 2. The van der Waals surface area contributed by atoms with Crippen LogP contribution in [-0.4, -0.2) is 61.8 Å². The molecule has 2 amide bonds. The summed E-state index contributed by atoms with van der Waals surface area (Å²) in [6.07, 6.45) is 3.98. The smallest absolute Gasteiger partial charge is 0.320 e. The summed E-state index contributed by atoms with van der Waals surface area (Å²) in [5, 5.41) is 10.1. The van der Waals surface area contributed by atoms with E-state index in [1.54, 1.807) is 17.0 Å². The highest BCUT2D eigenvalue weighted by molar-refractivity contribution is 5.94. The van der Waals surface area contributed by atoms with Crippen molar-refractivity contribution in [1.82, 2.24) is 9.88 Å². The molecule has 1 fully saturated rings. The fourth-order valence-corrected chi connectivity index (χ4v) is 5.16. The summed E-state index contributed by atoms with van der Waals surface area (Å²) in [6.45, 7) is 6.48. The van der Waals surface area contributed by atoms with E-state index in [0.29, 0.717) is 17.9 Å². The molecule has 1 saturated heterocycles. The van der Waals surface area contributed by atoms with Gasteiger partial charge in [0.15, 0.2) is 0 Å². The number of hydrogen-bond donors (Lipinski definition) is 2. The summed E-state index contributed by atoms with van der Waals surface area (Å²) < 4.78 is 5.92. The van der Waals surface area contributed by atoms with Gasteiger partial charge >= 0.3 is 6.03 Å². The topological polar surface area (TPSA) is 102 Å². The first-order valence-corrected chi connectivity index (χ1v) is 12.4. The zero-order valence-corrected chi connectivity index (χ0v) is 20.0. The summed E-state index contributed by atoms with van der Waals surface area (Å²) in [5.74, 6) is 1.75. The number of anilines is 2. The van der Waals surface area contributed by atoms with Crippen molar-refractivity contribution in [3.8, 4) is 11.8 Å². The fraction of sp³-hybridized carbons (Fsp3) is 0.407. The highest BCUT2D eigenvalue weighted by Gasteiger charge is 2.22. The van der Waals surface area contributed by atoms with Gasteiger partial charge in [0, 0.05) is 43.5 Å². The number of hydrogen-bond acceptors (Lipinski definition) is 5. The molecule has 5 rings (SSSR count). The fourth-order valence-electron chi connectivity index (χ4n) is 5.16. The maximum atomic E-state index is 12.1. The Balaban J connectivity index is 1.13. The van der Waals surface area contributed by atoms with Crippen molar-refractivity contribution in [2.75, 3.05) is 55.7 Å². The SMILES string of the molecule is N#Cc1ccc2cc(N(CCCCN3CCCN(c4cccc5c4OCC5)CC3)C(N)=O)[nH]c2c1. The highest BCUT2D eigenvalue weighted by atomic mass is 16.5. The third-order valence-corrected chi connectivity index (χ3v) is 7.02. The number of unbranched alkanes of at least 4 members (excludes halogenated alkanes) is 1. The second kappa shape index (κ2) is 10.3. The van der Waals surface area contributed by atoms with Crippen molar-refractivity contribution in [2.45, 2.75) is 25.7 Å². The number of urea groups is 1. The molecule has 3 aromatic rings. The molecule has 0 spiro atoms. The van der Waals surface area contributed by atoms with Gasteiger partial charge in [-0.3, -0.25) is 4.90 Å². The molecule has 8 heteroatoms. The molecule has 0 unspecified atom stereocenters. The summed E-state index contributed by atoms with van der Waals surface area (Å²) in [6, 6.07) is 15.5. The van der Waals surface area contributed by atoms with E-state index in [4.69, 9.17) is 15.7 Å². The number of H-pyrrole nitrogens is 1. The van der Waals surface area contributed by atoms with E-state index in [1.807, 2.05) is 12.1 Å². The van der Waals surface area contributed by atoms with Crippen LogP contribution in [0.4, 0.5) is 16.3 Å². The van der Waals surface area contributed by atoms with Crippen molar-refractivity contribution < 1.29 is 9.53 Å². The number of nitrogens with zero attached hydrogens (tertiary/aromatic N) is 4. The average Bonchev–Trinajstić information content (AvgIpc) is 3.44. The molecule has 2 aliphatic rings. The quantitative estimate of drug-likeness (QED) is 0.509. The van der Waals surface area contributed by atoms with Gasteiger partial charge < -0.3 is 25.3 Å². The summed E-state index contributed by atoms with van der Waals surface area (Å²) in [7, 11) is 0. The first kappa shape index (κ1) is 23.1. The van der Waals surface area contributed by atoms with Crippen LogP contribution in [0, 0.1) is 11.3 Å².